The van der Waals surface area contributed by atoms with Gasteiger partial charge >= 0.3 is 0 Å². The van der Waals surface area contributed by atoms with Crippen molar-refractivity contribution in [2.24, 2.45) is 7.05 Å². The minimum absolute atomic E-state index is 0.0794. The van der Waals surface area contributed by atoms with E-state index in [-0.39, 0.29) is 5.56 Å². The van der Waals surface area contributed by atoms with E-state index in [0.717, 1.165) is 5.56 Å². The lowest BCUT2D eigenvalue weighted by molar-refractivity contribution is 0.0939. The lowest BCUT2D eigenvalue weighted by Gasteiger charge is -2.19. The number of carbonyl (C=O) groups is 1. The van der Waals surface area contributed by atoms with Crippen LogP contribution in [0.3, 0.4) is 0 Å². The third-order valence-corrected chi connectivity index (χ3v) is 3.82. The third-order valence-electron chi connectivity index (χ3n) is 3.82. The molecule has 2 N–H and O–H groups in total. The number of rotatable bonds is 4. The number of nitrogens with one attached hydrogen (secondary N) is 2. The maximum absolute atomic E-state index is 12.6. The first-order valence-electron chi connectivity index (χ1n) is 7.59. The van der Waals surface area contributed by atoms with Gasteiger partial charge in [0.2, 0.25) is 0 Å². The summed E-state index contributed by atoms with van der Waals surface area (Å²) in [6, 6.07) is 12.3. The summed E-state index contributed by atoms with van der Waals surface area (Å²) in [5, 5.41) is 2.91. The van der Waals surface area contributed by atoms with Crippen LogP contribution in [0.5, 0.6) is 0 Å². The van der Waals surface area contributed by atoms with Crippen LogP contribution >= 0.6 is 0 Å². The van der Waals surface area contributed by atoms with E-state index in [1.54, 1.807) is 19.2 Å². The fourth-order valence-electron chi connectivity index (χ4n) is 2.56. The van der Waals surface area contributed by atoms with Gasteiger partial charge in [-0.2, -0.15) is 0 Å². The first kappa shape index (κ1) is 15.7. The fraction of sp³-hybridized carbons (Fsp3) is 0.167. The van der Waals surface area contributed by atoms with E-state index in [1.807, 2.05) is 48.1 Å². The van der Waals surface area contributed by atoms with Crippen LogP contribution in [0.1, 0.15) is 33.5 Å². The van der Waals surface area contributed by atoms with Gasteiger partial charge in [0, 0.05) is 25.1 Å². The average Bonchev–Trinajstić information content (AvgIpc) is 2.99. The summed E-state index contributed by atoms with van der Waals surface area (Å²) in [5.41, 5.74) is 1.28. The van der Waals surface area contributed by atoms with E-state index < -0.39 is 17.5 Å². The molecule has 6 nitrogen and oxygen atoms in total. The van der Waals surface area contributed by atoms with Crippen molar-refractivity contribution in [2.45, 2.75) is 13.0 Å². The Morgan fingerprint density at radius 3 is 2.58 bits per heavy atom. The number of aromatic nitrogens is 3. The molecule has 122 valence electrons. The summed E-state index contributed by atoms with van der Waals surface area (Å²) in [5.74, 6) is 0.256. The molecule has 1 atom stereocenters. The molecule has 1 aromatic carbocycles. The fourth-order valence-corrected chi connectivity index (χ4v) is 2.56. The SMILES string of the molecule is Cc1ccc(C(=O)N[C@@H](c2ccccc2)c2nccn2C)c(=O)[nH]1. The Hall–Kier alpha value is -3.15. The van der Waals surface area contributed by atoms with Crippen molar-refractivity contribution < 1.29 is 4.79 Å². The number of pyridine rings is 1. The molecular formula is C18H18N4O2. The van der Waals surface area contributed by atoms with Crippen molar-refractivity contribution in [1.82, 2.24) is 19.9 Å². The zero-order valence-corrected chi connectivity index (χ0v) is 13.5. The van der Waals surface area contributed by atoms with Crippen LogP contribution in [-0.4, -0.2) is 20.4 Å². The van der Waals surface area contributed by atoms with Crippen molar-refractivity contribution in [3.63, 3.8) is 0 Å². The number of amides is 1. The molecule has 0 radical (unpaired) electrons. The second-order valence-electron chi connectivity index (χ2n) is 5.60. The Morgan fingerprint density at radius 2 is 1.96 bits per heavy atom. The lowest BCUT2D eigenvalue weighted by Crippen LogP contribution is -2.34. The van der Waals surface area contributed by atoms with E-state index in [2.05, 4.69) is 15.3 Å². The van der Waals surface area contributed by atoms with Gasteiger partial charge in [-0.05, 0) is 24.6 Å². The molecule has 2 heterocycles. The minimum atomic E-state index is -0.445. The topological polar surface area (TPSA) is 79.8 Å². The highest BCUT2D eigenvalue weighted by atomic mass is 16.2. The molecule has 0 spiro atoms. The van der Waals surface area contributed by atoms with Crippen LogP contribution in [0.2, 0.25) is 0 Å². The van der Waals surface area contributed by atoms with E-state index in [0.29, 0.717) is 11.5 Å². The zero-order chi connectivity index (χ0) is 17.1. The van der Waals surface area contributed by atoms with Gasteiger partial charge in [-0.3, -0.25) is 9.59 Å². The average molecular weight is 322 g/mol. The molecule has 3 rings (SSSR count). The number of aromatic amines is 1. The molecule has 6 heteroatoms. The summed E-state index contributed by atoms with van der Waals surface area (Å²) >= 11 is 0. The molecule has 1 amide bonds. The van der Waals surface area contributed by atoms with Gasteiger partial charge in [-0.1, -0.05) is 30.3 Å². The molecule has 0 saturated heterocycles. The first-order valence-corrected chi connectivity index (χ1v) is 7.59. The molecule has 0 fully saturated rings. The molecule has 2 aromatic heterocycles. The van der Waals surface area contributed by atoms with Crippen LogP contribution in [0, 0.1) is 6.92 Å². The van der Waals surface area contributed by atoms with Gasteiger partial charge in [0.1, 0.15) is 17.4 Å². The van der Waals surface area contributed by atoms with Crippen LogP contribution in [0.25, 0.3) is 0 Å². The second kappa shape index (κ2) is 6.54. The Bertz CT molecular complexity index is 912. The number of nitrogens with zero attached hydrogens (tertiary/aromatic N) is 2. The Balaban J connectivity index is 1.97. The van der Waals surface area contributed by atoms with Crippen molar-refractivity contribution in [3.05, 3.63) is 87.9 Å². The predicted molar refractivity (Wildman–Crippen MR) is 90.8 cm³/mol. The maximum Gasteiger partial charge on any atom is 0.260 e. The highest BCUT2D eigenvalue weighted by Crippen LogP contribution is 2.20. The summed E-state index contributed by atoms with van der Waals surface area (Å²) in [4.78, 5) is 31.6. The quantitative estimate of drug-likeness (QED) is 0.770. The van der Waals surface area contributed by atoms with Gasteiger partial charge in [0.25, 0.3) is 11.5 Å². The number of hydrogen-bond acceptors (Lipinski definition) is 3. The molecule has 0 aliphatic heterocycles. The van der Waals surface area contributed by atoms with Gasteiger partial charge in [0.15, 0.2) is 0 Å². The van der Waals surface area contributed by atoms with Crippen LogP contribution in [-0.2, 0) is 7.05 Å². The zero-order valence-electron chi connectivity index (χ0n) is 13.5. The molecular weight excluding hydrogens is 304 g/mol. The maximum atomic E-state index is 12.6. The van der Waals surface area contributed by atoms with E-state index in [4.69, 9.17) is 0 Å². The number of H-pyrrole nitrogens is 1. The van der Waals surface area contributed by atoms with Crippen LogP contribution in [0.4, 0.5) is 0 Å². The first-order chi connectivity index (χ1) is 11.6. The highest BCUT2D eigenvalue weighted by molar-refractivity contribution is 5.94. The lowest BCUT2D eigenvalue weighted by atomic mass is 10.1. The normalized spacial score (nSPS) is 11.9. The molecule has 0 unspecified atom stereocenters. The number of imidazole rings is 1. The largest absolute Gasteiger partial charge is 0.338 e. The minimum Gasteiger partial charge on any atom is -0.338 e. The Kier molecular flexibility index (Phi) is 4.29. The van der Waals surface area contributed by atoms with Crippen molar-refractivity contribution in [2.75, 3.05) is 0 Å². The third kappa shape index (κ3) is 3.12. The highest BCUT2D eigenvalue weighted by Gasteiger charge is 2.22. The monoisotopic (exact) mass is 322 g/mol. The molecule has 0 aliphatic rings. The number of carbonyl (C=O) groups excluding carboxylic acids is 1. The molecule has 0 aliphatic carbocycles. The van der Waals surface area contributed by atoms with Crippen molar-refractivity contribution in [3.8, 4) is 0 Å². The number of hydrogen-bond donors (Lipinski definition) is 2. The van der Waals surface area contributed by atoms with Gasteiger partial charge in [0.05, 0.1) is 0 Å². The van der Waals surface area contributed by atoms with Gasteiger partial charge < -0.3 is 14.9 Å². The molecule has 0 saturated carbocycles. The smallest absolute Gasteiger partial charge is 0.260 e. The van der Waals surface area contributed by atoms with Crippen LogP contribution < -0.4 is 10.9 Å². The van der Waals surface area contributed by atoms with E-state index >= 15 is 0 Å². The molecule has 0 bridgehead atoms. The summed E-state index contributed by atoms with van der Waals surface area (Å²) < 4.78 is 1.84. The van der Waals surface area contributed by atoms with Gasteiger partial charge in [-0.15, -0.1) is 0 Å². The summed E-state index contributed by atoms with van der Waals surface area (Å²) in [7, 11) is 1.86. The van der Waals surface area contributed by atoms with Crippen LogP contribution in [0.15, 0.2) is 59.7 Å². The number of benzene rings is 1. The Morgan fingerprint density at radius 1 is 1.21 bits per heavy atom. The molecule has 3 aromatic rings. The number of aryl methyl sites for hydroxylation is 2. The predicted octanol–water partition coefficient (Wildman–Crippen LogP) is 1.94. The van der Waals surface area contributed by atoms with E-state index in [1.165, 1.54) is 6.07 Å². The van der Waals surface area contributed by atoms with Gasteiger partial charge in [-0.25, -0.2) is 4.98 Å². The second-order valence-corrected chi connectivity index (χ2v) is 5.60. The Labute approximate surface area is 139 Å². The van der Waals surface area contributed by atoms with E-state index in [9.17, 15) is 9.59 Å². The molecule has 24 heavy (non-hydrogen) atoms. The van der Waals surface area contributed by atoms with Crippen molar-refractivity contribution >= 4 is 5.91 Å². The summed E-state index contributed by atoms with van der Waals surface area (Å²) in [6.07, 6.45) is 3.49. The standard InChI is InChI=1S/C18H18N4O2/c1-12-8-9-14(17(23)20-12)18(24)21-15(13-6-4-3-5-7-13)16-19-10-11-22(16)2/h3-11,15H,1-2H3,(H,20,23)(H,21,24)/t15-/m0/s1. The van der Waals surface area contributed by atoms with Crippen molar-refractivity contribution in [1.29, 1.82) is 0 Å². The summed E-state index contributed by atoms with van der Waals surface area (Å²) in [6.45, 7) is 1.77.